The van der Waals surface area contributed by atoms with Gasteiger partial charge in [-0.05, 0) is 124 Å². The molecule has 0 aliphatic rings. The zero-order valence-electron chi connectivity index (χ0n) is 31.2. The summed E-state index contributed by atoms with van der Waals surface area (Å²) in [6.07, 6.45) is 4.35. The predicted molar refractivity (Wildman–Crippen MR) is 240 cm³/mol. The third kappa shape index (κ3) is 5.87. The molecular formula is C55H36N2. The van der Waals surface area contributed by atoms with Crippen LogP contribution in [0.3, 0.4) is 0 Å². The first-order valence-electron chi connectivity index (χ1n) is 19.5. The highest BCUT2D eigenvalue weighted by atomic mass is 15.0. The minimum absolute atomic E-state index is 0.918. The lowest BCUT2D eigenvalue weighted by Crippen LogP contribution is -1.91. The number of benzene rings is 9. The van der Waals surface area contributed by atoms with Gasteiger partial charge in [0.2, 0.25) is 0 Å². The van der Waals surface area contributed by atoms with Gasteiger partial charge in [-0.15, -0.1) is 0 Å². The van der Waals surface area contributed by atoms with Crippen LogP contribution in [0.2, 0.25) is 0 Å². The summed E-state index contributed by atoms with van der Waals surface area (Å²) in [5.74, 6) is 0. The number of imidazole rings is 1. The van der Waals surface area contributed by atoms with Gasteiger partial charge in [0.05, 0.1) is 5.69 Å². The van der Waals surface area contributed by atoms with Gasteiger partial charge < -0.3 is 4.40 Å². The first-order valence-corrected chi connectivity index (χ1v) is 19.5. The van der Waals surface area contributed by atoms with Crippen molar-refractivity contribution in [1.29, 1.82) is 0 Å². The molecule has 0 spiro atoms. The Morgan fingerprint density at radius 3 is 1.33 bits per heavy atom. The van der Waals surface area contributed by atoms with Crippen molar-refractivity contribution in [2.24, 2.45) is 0 Å². The van der Waals surface area contributed by atoms with Crippen molar-refractivity contribution in [1.82, 2.24) is 9.38 Å². The normalized spacial score (nSPS) is 11.5. The third-order valence-corrected chi connectivity index (χ3v) is 11.4. The smallest absolute Gasteiger partial charge is 0.137 e. The monoisotopic (exact) mass is 724 g/mol. The zero-order valence-corrected chi connectivity index (χ0v) is 31.2. The number of rotatable bonds is 6. The van der Waals surface area contributed by atoms with E-state index in [0.717, 1.165) is 22.5 Å². The predicted octanol–water partition coefficient (Wildman–Crippen LogP) is 14.8. The number of pyridine rings is 1. The van der Waals surface area contributed by atoms with Crippen molar-refractivity contribution in [2.75, 3.05) is 0 Å². The van der Waals surface area contributed by atoms with Crippen LogP contribution in [-0.2, 0) is 0 Å². The highest BCUT2D eigenvalue weighted by Crippen LogP contribution is 2.44. The van der Waals surface area contributed by atoms with E-state index in [0.29, 0.717) is 0 Å². The molecule has 0 amide bonds. The standard InChI is InChI=1S/C55H36N2/c1-3-13-37(14-4-1)45-32-46(38-15-5-2-6-16-38)34-47(33-45)44-29-30-53-56-52(36-57(53)35-44)40-24-26-41(27-25-40)54-48-19-9-11-21-50(48)55(51-22-12-10-20-49(51)54)43-28-23-39-17-7-8-18-42(39)31-43/h1-36H. The van der Waals surface area contributed by atoms with Crippen LogP contribution in [0, 0.1) is 0 Å². The van der Waals surface area contributed by atoms with E-state index in [1.165, 1.54) is 82.4 Å². The van der Waals surface area contributed by atoms with Gasteiger partial charge in [0, 0.05) is 18.0 Å². The molecule has 266 valence electrons. The van der Waals surface area contributed by atoms with Crippen molar-refractivity contribution in [2.45, 2.75) is 0 Å². The second kappa shape index (κ2) is 13.6. The molecule has 0 atom stereocenters. The molecule has 0 fully saturated rings. The van der Waals surface area contributed by atoms with E-state index in [4.69, 9.17) is 4.98 Å². The Morgan fingerprint density at radius 2 is 0.737 bits per heavy atom. The lowest BCUT2D eigenvalue weighted by Gasteiger charge is -2.18. The van der Waals surface area contributed by atoms with Crippen LogP contribution in [0.25, 0.3) is 105 Å². The van der Waals surface area contributed by atoms with E-state index in [9.17, 15) is 0 Å². The summed E-state index contributed by atoms with van der Waals surface area (Å²) in [5, 5.41) is 7.51. The molecule has 0 aliphatic heterocycles. The van der Waals surface area contributed by atoms with Crippen LogP contribution >= 0.6 is 0 Å². The minimum atomic E-state index is 0.918. The van der Waals surface area contributed by atoms with Gasteiger partial charge in [0.15, 0.2) is 0 Å². The highest BCUT2D eigenvalue weighted by Gasteiger charge is 2.17. The van der Waals surface area contributed by atoms with Gasteiger partial charge in [-0.1, -0.05) is 170 Å². The van der Waals surface area contributed by atoms with Gasteiger partial charge in [-0.25, -0.2) is 4.98 Å². The lowest BCUT2D eigenvalue weighted by molar-refractivity contribution is 1.19. The summed E-state index contributed by atoms with van der Waals surface area (Å²) in [6, 6.07) is 74.6. The number of hydrogen-bond donors (Lipinski definition) is 0. The summed E-state index contributed by atoms with van der Waals surface area (Å²) in [6.45, 7) is 0. The molecule has 0 radical (unpaired) electrons. The Morgan fingerprint density at radius 1 is 0.281 bits per heavy atom. The van der Waals surface area contributed by atoms with Gasteiger partial charge >= 0.3 is 0 Å². The fraction of sp³-hybridized carbons (Fsp3) is 0. The van der Waals surface area contributed by atoms with Gasteiger partial charge in [-0.2, -0.15) is 0 Å². The molecule has 57 heavy (non-hydrogen) atoms. The van der Waals surface area contributed by atoms with E-state index in [2.05, 4.69) is 223 Å². The maximum absolute atomic E-state index is 5.08. The molecular weight excluding hydrogens is 689 g/mol. The van der Waals surface area contributed by atoms with Crippen LogP contribution in [0.15, 0.2) is 219 Å². The average Bonchev–Trinajstić information content (AvgIpc) is 3.72. The SMILES string of the molecule is c1ccc(-c2cc(-c3ccccc3)cc(-c3ccc4nc(-c5ccc(-c6c7ccccc7c(-c7ccc8ccccc8c7)c7ccccc67)cc5)cn4c3)c2)cc1. The Bertz CT molecular complexity index is 3150. The first-order chi connectivity index (χ1) is 28.2. The maximum atomic E-state index is 5.08. The molecule has 11 aromatic rings. The molecule has 2 heteroatoms. The number of nitrogens with zero attached hydrogens (tertiary/aromatic N) is 2. The Hall–Kier alpha value is -7.55. The fourth-order valence-corrected chi connectivity index (χ4v) is 8.59. The topological polar surface area (TPSA) is 17.3 Å². The second-order valence-electron chi connectivity index (χ2n) is 14.8. The second-order valence-corrected chi connectivity index (χ2v) is 14.8. The van der Waals surface area contributed by atoms with E-state index < -0.39 is 0 Å². The summed E-state index contributed by atoms with van der Waals surface area (Å²) < 4.78 is 2.16. The van der Waals surface area contributed by atoms with E-state index in [-0.39, 0.29) is 0 Å². The van der Waals surface area contributed by atoms with Crippen LogP contribution in [0.1, 0.15) is 0 Å². The number of hydrogen-bond acceptors (Lipinski definition) is 1. The quantitative estimate of drug-likeness (QED) is 0.156. The van der Waals surface area contributed by atoms with Gasteiger partial charge in [0.25, 0.3) is 0 Å². The molecule has 0 unspecified atom stereocenters. The van der Waals surface area contributed by atoms with Crippen LogP contribution in [0.4, 0.5) is 0 Å². The van der Waals surface area contributed by atoms with Crippen molar-refractivity contribution in [3.63, 3.8) is 0 Å². The molecule has 2 aromatic heterocycles. The van der Waals surface area contributed by atoms with E-state index >= 15 is 0 Å². The molecule has 0 aliphatic carbocycles. The Labute approximate surface area is 331 Å². The molecule has 0 N–H and O–H groups in total. The third-order valence-electron chi connectivity index (χ3n) is 11.4. The Balaban J connectivity index is 0.979. The van der Waals surface area contributed by atoms with E-state index in [1.54, 1.807) is 0 Å². The molecule has 0 saturated carbocycles. The number of aromatic nitrogens is 2. The first kappa shape index (κ1) is 32.8. The fourth-order valence-electron chi connectivity index (χ4n) is 8.59. The van der Waals surface area contributed by atoms with Crippen LogP contribution < -0.4 is 0 Å². The summed E-state index contributed by atoms with van der Waals surface area (Å²) in [7, 11) is 0. The molecule has 9 aromatic carbocycles. The maximum Gasteiger partial charge on any atom is 0.137 e. The van der Waals surface area contributed by atoms with Crippen molar-refractivity contribution in [3.05, 3.63) is 219 Å². The highest BCUT2D eigenvalue weighted by molar-refractivity contribution is 6.21. The van der Waals surface area contributed by atoms with Crippen molar-refractivity contribution < 1.29 is 0 Å². The van der Waals surface area contributed by atoms with Crippen molar-refractivity contribution in [3.8, 4) is 66.9 Å². The largest absolute Gasteiger partial charge is 0.306 e. The number of fused-ring (bicyclic) bond motifs is 4. The van der Waals surface area contributed by atoms with Crippen molar-refractivity contribution >= 4 is 38.0 Å². The van der Waals surface area contributed by atoms with Gasteiger partial charge in [0.1, 0.15) is 5.65 Å². The molecule has 0 saturated heterocycles. The summed E-state index contributed by atoms with van der Waals surface area (Å²) >= 11 is 0. The lowest BCUT2D eigenvalue weighted by atomic mass is 9.85. The Kier molecular flexibility index (Phi) is 7.86. The summed E-state index contributed by atoms with van der Waals surface area (Å²) in [4.78, 5) is 5.08. The summed E-state index contributed by atoms with van der Waals surface area (Å²) in [5.41, 5.74) is 15.0. The van der Waals surface area contributed by atoms with E-state index in [1.807, 2.05) is 0 Å². The molecule has 2 heterocycles. The molecule has 11 rings (SSSR count). The zero-order chi connectivity index (χ0) is 37.7. The average molecular weight is 725 g/mol. The van der Waals surface area contributed by atoms with Crippen LogP contribution in [0.5, 0.6) is 0 Å². The van der Waals surface area contributed by atoms with Gasteiger partial charge in [-0.3, -0.25) is 0 Å². The minimum Gasteiger partial charge on any atom is -0.306 e. The molecule has 0 bridgehead atoms. The van der Waals surface area contributed by atoms with Crippen LogP contribution in [-0.4, -0.2) is 9.38 Å². The molecule has 2 nitrogen and oxygen atoms in total.